The Balaban J connectivity index is 2.13. The average molecular weight is 184 g/mol. The lowest BCUT2D eigenvalue weighted by molar-refractivity contribution is -0.153. The van der Waals surface area contributed by atoms with Gasteiger partial charge in [0.05, 0.1) is 11.5 Å². The Morgan fingerprint density at radius 3 is 2.62 bits per heavy atom. The van der Waals surface area contributed by atoms with Crippen LogP contribution in [0.3, 0.4) is 0 Å². The molecule has 1 heterocycles. The smallest absolute Gasteiger partial charge is 0.309 e. The Morgan fingerprint density at radius 2 is 2.15 bits per heavy atom. The molecule has 1 aliphatic carbocycles. The zero-order valence-corrected chi connectivity index (χ0v) is 7.95. The summed E-state index contributed by atoms with van der Waals surface area (Å²) in [6, 6.07) is 0. The zero-order chi connectivity index (χ0) is 9.47. The van der Waals surface area contributed by atoms with E-state index in [9.17, 15) is 4.79 Å². The number of hydrogen-bond donors (Lipinski definition) is 1. The molecule has 1 saturated carbocycles. The molecule has 1 N–H and O–H groups in total. The summed E-state index contributed by atoms with van der Waals surface area (Å²) in [5, 5.41) is 9.04. The van der Waals surface area contributed by atoms with Gasteiger partial charge in [-0.2, -0.15) is 0 Å². The minimum Gasteiger partial charge on any atom is -0.481 e. The molecule has 0 radical (unpaired) electrons. The number of hydrogen-bond acceptors (Lipinski definition) is 2. The third kappa shape index (κ3) is 1.26. The van der Waals surface area contributed by atoms with Crippen molar-refractivity contribution in [3.05, 3.63) is 0 Å². The number of aliphatic carboxylic acids is 1. The Labute approximate surface area is 78.1 Å². The molecule has 2 unspecified atom stereocenters. The molecule has 0 bridgehead atoms. The second-order valence-electron chi connectivity index (χ2n) is 4.34. The molecule has 3 nitrogen and oxygen atoms in total. The van der Waals surface area contributed by atoms with Crippen molar-refractivity contribution in [2.75, 3.05) is 6.61 Å². The molecule has 1 saturated heterocycles. The van der Waals surface area contributed by atoms with Gasteiger partial charge in [-0.25, -0.2) is 0 Å². The van der Waals surface area contributed by atoms with E-state index in [0.29, 0.717) is 18.9 Å². The molecule has 0 aromatic carbocycles. The van der Waals surface area contributed by atoms with Crippen molar-refractivity contribution in [1.29, 1.82) is 0 Å². The van der Waals surface area contributed by atoms with Gasteiger partial charge >= 0.3 is 5.97 Å². The van der Waals surface area contributed by atoms with Gasteiger partial charge in [0.15, 0.2) is 0 Å². The summed E-state index contributed by atoms with van der Waals surface area (Å²) in [6.07, 6.45) is 4.19. The molecule has 2 rings (SSSR count). The van der Waals surface area contributed by atoms with Crippen LogP contribution in [-0.2, 0) is 9.53 Å². The van der Waals surface area contributed by atoms with Gasteiger partial charge < -0.3 is 9.84 Å². The lowest BCUT2D eigenvalue weighted by atomic mass is 9.68. The van der Waals surface area contributed by atoms with Gasteiger partial charge in [-0.05, 0) is 32.1 Å². The lowest BCUT2D eigenvalue weighted by Crippen LogP contribution is -2.46. The maximum Gasteiger partial charge on any atom is 0.309 e. The van der Waals surface area contributed by atoms with E-state index in [1.165, 1.54) is 6.42 Å². The maximum atomic E-state index is 11.0. The van der Waals surface area contributed by atoms with E-state index in [2.05, 4.69) is 0 Å². The van der Waals surface area contributed by atoms with Gasteiger partial charge in [-0.15, -0.1) is 0 Å². The summed E-state index contributed by atoms with van der Waals surface area (Å²) in [6.45, 7) is 2.59. The predicted octanol–water partition coefficient (Wildman–Crippen LogP) is 1.67. The summed E-state index contributed by atoms with van der Waals surface area (Å²) < 4.78 is 5.64. The number of carboxylic acid groups (broad SMARTS) is 1. The first-order valence-electron chi connectivity index (χ1n) is 5.01. The highest BCUT2D eigenvalue weighted by molar-refractivity contribution is 5.72. The molecule has 2 aliphatic rings. The predicted molar refractivity (Wildman–Crippen MR) is 47.4 cm³/mol. The number of carboxylic acids is 1. The van der Waals surface area contributed by atoms with E-state index < -0.39 is 5.97 Å². The van der Waals surface area contributed by atoms with E-state index in [0.717, 1.165) is 12.8 Å². The Kier molecular flexibility index (Phi) is 2.06. The fraction of sp³-hybridized carbons (Fsp3) is 0.900. The van der Waals surface area contributed by atoms with Gasteiger partial charge in [0.1, 0.15) is 0 Å². The van der Waals surface area contributed by atoms with Gasteiger partial charge in [0.25, 0.3) is 0 Å². The summed E-state index contributed by atoms with van der Waals surface area (Å²) >= 11 is 0. The third-order valence-corrected chi connectivity index (χ3v) is 3.73. The highest BCUT2D eigenvalue weighted by atomic mass is 16.5. The fourth-order valence-corrected chi connectivity index (χ4v) is 2.54. The van der Waals surface area contributed by atoms with Crippen molar-refractivity contribution in [3.63, 3.8) is 0 Å². The van der Waals surface area contributed by atoms with Crippen LogP contribution in [0.5, 0.6) is 0 Å². The highest BCUT2D eigenvalue weighted by Crippen LogP contribution is 2.46. The van der Waals surface area contributed by atoms with Crippen molar-refractivity contribution >= 4 is 5.97 Å². The molecular weight excluding hydrogens is 168 g/mol. The number of carbonyl (C=O) groups is 1. The Bertz CT molecular complexity index is 222. The van der Waals surface area contributed by atoms with Gasteiger partial charge in [0.2, 0.25) is 0 Å². The van der Waals surface area contributed by atoms with Crippen LogP contribution in [-0.4, -0.2) is 23.3 Å². The van der Waals surface area contributed by atoms with Crippen LogP contribution in [0.15, 0.2) is 0 Å². The van der Waals surface area contributed by atoms with Crippen LogP contribution in [0.1, 0.15) is 32.6 Å². The monoisotopic (exact) mass is 184 g/mol. The van der Waals surface area contributed by atoms with E-state index in [4.69, 9.17) is 9.84 Å². The van der Waals surface area contributed by atoms with Crippen LogP contribution < -0.4 is 0 Å². The molecule has 2 atom stereocenters. The first-order chi connectivity index (χ1) is 6.14. The maximum absolute atomic E-state index is 11.0. The topological polar surface area (TPSA) is 46.5 Å². The number of rotatable bonds is 2. The SMILES string of the molecule is CC1(C2CCC2)OCCC1C(=O)O. The largest absolute Gasteiger partial charge is 0.481 e. The van der Waals surface area contributed by atoms with E-state index in [1.807, 2.05) is 6.92 Å². The zero-order valence-electron chi connectivity index (χ0n) is 7.95. The molecule has 3 heteroatoms. The standard InChI is InChI=1S/C10H16O3/c1-10(7-3-2-4-7)8(9(11)12)5-6-13-10/h7-8H,2-6H2,1H3,(H,11,12). The lowest BCUT2D eigenvalue weighted by Gasteiger charge is -2.41. The van der Waals surface area contributed by atoms with Crippen LogP contribution in [0.4, 0.5) is 0 Å². The molecule has 0 spiro atoms. The van der Waals surface area contributed by atoms with Gasteiger partial charge in [-0.1, -0.05) is 6.42 Å². The van der Waals surface area contributed by atoms with Gasteiger partial charge in [0, 0.05) is 6.61 Å². The van der Waals surface area contributed by atoms with E-state index >= 15 is 0 Å². The van der Waals surface area contributed by atoms with Crippen LogP contribution in [0, 0.1) is 11.8 Å². The fourth-order valence-electron chi connectivity index (χ4n) is 2.54. The first-order valence-corrected chi connectivity index (χ1v) is 5.01. The van der Waals surface area contributed by atoms with E-state index in [1.54, 1.807) is 0 Å². The van der Waals surface area contributed by atoms with Crippen molar-refractivity contribution in [2.24, 2.45) is 11.8 Å². The summed E-state index contributed by atoms with van der Waals surface area (Å²) in [4.78, 5) is 11.0. The van der Waals surface area contributed by atoms with Crippen molar-refractivity contribution in [1.82, 2.24) is 0 Å². The third-order valence-electron chi connectivity index (χ3n) is 3.73. The van der Waals surface area contributed by atoms with Crippen molar-refractivity contribution in [2.45, 2.75) is 38.2 Å². The molecule has 0 aromatic heterocycles. The minimum absolute atomic E-state index is 0.280. The molecule has 1 aliphatic heterocycles. The van der Waals surface area contributed by atoms with Crippen molar-refractivity contribution in [3.8, 4) is 0 Å². The quantitative estimate of drug-likeness (QED) is 0.710. The molecule has 74 valence electrons. The average Bonchev–Trinajstić information content (AvgIpc) is 2.27. The summed E-state index contributed by atoms with van der Waals surface area (Å²) in [7, 11) is 0. The van der Waals surface area contributed by atoms with Gasteiger partial charge in [-0.3, -0.25) is 4.79 Å². The second-order valence-corrected chi connectivity index (χ2v) is 4.34. The minimum atomic E-state index is -0.688. The van der Waals surface area contributed by atoms with Crippen LogP contribution in [0.25, 0.3) is 0 Å². The Hall–Kier alpha value is -0.570. The molecule has 2 fully saturated rings. The van der Waals surface area contributed by atoms with E-state index in [-0.39, 0.29) is 11.5 Å². The molecule has 0 aromatic rings. The van der Waals surface area contributed by atoms with Crippen LogP contribution >= 0.6 is 0 Å². The summed E-state index contributed by atoms with van der Waals surface area (Å²) in [5.41, 5.74) is -0.371. The molecule has 0 amide bonds. The summed E-state index contributed by atoms with van der Waals surface area (Å²) in [5.74, 6) is -0.485. The molecule has 13 heavy (non-hydrogen) atoms. The normalized spacial score (nSPS) is 40.2. The Morgan fingerprint density at radius 1 is 1.46 bits per heavy atom. The highest BCUT2D eigenvalue weighted by Gasteiger charge is 2.51. The number of ether oxygens (including phenoxy) is 1. The second kappa shape index (κ2) is 2.98. The molecular formula is C10H16O3. The van der Waals surface area contributed by atoms with Crippen molar-refractivity contribution < 1.29 is 14.6 Å². The van der Waals surface area contributed by atoms with Crippen LogP contribution in [0.2, 0.25) is 0 Å². The first kappa shape index (κ1) is 9.00.